The fraction of sp³-hybridized carbons (Fsp3) is 0.250. The van der Waals surface area contributed by atoms with E-state index in [-0.39, 0.29) is 11.9 Å². The molecule has 0 aromatic heterocycles. The summed E-state index contributed by atoms with van der Waals surface area (Å²) in [6.07, 6.45) is 0.774. The molecule has 0 fully saturated rings. The van der Waals surface area contributed by atoms with Crippen molar-refractivity contribution in [1.82, 2.24) is 5.32 Å². The largest absolute Gasteiger partial charge is 0.313 e. The third-order valence-electron chi connectivity index (χ3n) is 3.37. The summed E-state index contributed by atoms with van der Waals surface area (Å²) in [6, 6.07) is 13.3. The molecule has 0 heterocycles. The maximum Gasteiger partial charge on any atom is 0.128 e. The van der Waals surface area contributed by atoms with Gasteiger partial charge in [-0.3, -0.25) is 0 Å². The smallest absolute Gasteiger partial charge is 0.128 e. The summed E-state index contributed by atoms with van der Waals surface area (Å²) in [5, 5.41) is 3.20. The first-order valence-corrected chi connectivity index (χ1v) is 7.08. The molecule has 1 N–H and O–H groups in total. The number of aryl methyl sites for hydroxylation is 1. The summed E-state index contributed by atoms with van der Waals surface area (Å²) >= 11 is 3.40. The van der Waals surface area contributed by atoms with E-state index in [0.29, 0.717) is 5.56 Å². The minimum Gasteiger partial charge on any atom is -0.313 e. The van der Waals surface area contributed by atoms with Crippen LogP contribution >= 0.6 is 15.9 Å². The summed E-state index contributed by atoms with van der Waals surface area (Å²) < 4.78 is 14.8. The number of halogens is 2. The first kappa shape index (κ1) is 14.2. The third-order valence-corrected chi connectivity index (χ3v) is 3.86. The Morgan fingerprint density at radius 1 is 1.21 bits per heavy atom. The van der Waals surface area contributed by atoms with Gasteiger partial charge in [0.2, 0.25) is 0 Å². The average Bonchev–Trinajstić information content (AvgIpc) is 2.41. The molecule has 2 rings (SSSR count). The number of benzene rings is 2. The van der Waals surface area contributed by atoms with Crippen LogP contribution in [0.2, 0.25) is 0 Å². The molecule has 0 aliphatic carbocycles. The van der Waals surface area contributed by atoms with Gasteiger partial charge >= 0.3 is 0 Å². The second kappa shape index (κ2) is 6.31. The van der Waals surface area contributed by atoms with Crippen molar-refractivity contribution in [2.75, 3.05) is 7.05 Å². The van der Waals surface area contributed by atoms with Crippen LogP contribution in [-0.2, 0) is 6.42 Å². The molecule has 2 aromatic rings. The number of hydrogen-bond acceptors (Lipinski definition) is 1. The van der Waals surface area contributed by atoms with E-state index in [4.69, 9.17) is 0 Å². The molecule has 0 radical (unpaired) electrons. The van der Waals surface area contributed by atoms with Crippen LogP contribution < -0.4 is 5.32 Å². The van der Waals surface area contributed by atoms with Gasteiger partial charge in [-0.2, -0.15) is 0 Å². The summed E-state index contributed by atoms with van der Waals surface area (Å²) in [4.78, 5) is 0. The Kier molecular flexibility index (Phi) is 4.72. The Bertz CT molecular complexity index is 568. The summed E-state index contributed by atoms with van der Waals surface area (Å²) in [7, 11) is 1.86. The van der Waals surface area contributed by atoms with Gasteiger partial charge in [0, 0.05) is 16.1 Å². The summed E-state index contributed by atoms with van der Waals surface area (Å²) in [6.45, 7) is 2.08. The number of nitrogens with one attached hydrogen (secondary N) is 1. The highest BCUT2D eigenvalue weighted by Gasteiger charge is 2.15. The van der Waals surface area contributed by atoms with Crippen LogP contribution in [0.4, 0.5) is 4.39 Å². The Morgan fingerprint density at radius 2 is 1.95 bits per heavy atom. The summed E-state index contributed by atoms with van der Waals surface area (Å²) in [5.41, 5.74) is 3.17. The fourth-order valence-corrected chi connectivity index (χ4v) is 2.59. The quantitative estimate of drug-likeness (QED) is 0.880. The first-order chi connectivity index (χ1) is 9.11. The molecule has 3 heteroatoms. The molecule has 0 saturated carbocycles. The highest BCUT2D eigenvalue weighted by Crippen LogP contribution is 2.25. The van der Waals surface area contributed by atoms with Crippen molar-refractivity contribution in [1.29, 1.82) is 0 Å². The number of rotatable bonds is 4. The van der Waals surface area contributed by atoms with Crippen molar-refractivity contribution >= 4 is 15.9 Å². The van der Waals surface area contributed by atoms with Gasteiger partial charge < -0.3 is 5.32 Å². The van der Waals surface area contributed by atoms with E-state index >= 15 is 0 Å². The zero-order chi connectivity index (χ0) is 13.8. The van der Waals surface area contributed by atoms with E-state index < -0.39 is 0 Å². The minimum atomic E-state index is -0.170. The lowest BCUT2D eigenvalue weighted by molar-refractivity contribution is 0.533. The summed E-state index contributed by atoms with van der Waals surface area (Å²) in [5.74, 6) is -0.170. The monoisotopic (exact) mass is 321 g/mol. The van der Waals surface area contributed by atoms with Crippen LogP contribution in [0.5, 0.6) is 0 Å². The first-order valence-electron chi connectivity index (χ1n) is 6.28. The Labute approximate surface area is 122 Å². The molecule has 100 valence electrons. The second-order valence-electron chi connectivity index (χ2n) is 4.64. The lowest BCUT2D eigenvalue weighted by Gasteiger charge is -2.19. The van der Waals surface area contributed by atoms with Gasteiger partial charge in [-0.15, -0.1) is 0 Å². The van der Waals surface area contributed by atoms with Gasteiger partial charge in [0.15, 0.2) is 0 Å². The van der Waals surface area contributed by atoms with Crippen molar-refractivity contribution in [2.24, 2.45) is 0 Å². The van der Waals surface area contributed by atoms with Crippen LogP contribution in [0, 0.1) is 12.7 Å². The van der Waals surface area contributed by atoms with Crippen molar-refractivity contribution in [2.45, 2.75) is 19.4 Å². The Balaban J connectivity index is 2.30. The minimum absolute atomic E-state index is 0.0291. The molecule has 1 unspecified atom stereocenters. The molecule has 1 atom stereocenters. The van der Waals surface area contributed by atoms with Crippen LogP contribution in [0.1, 0.15) is 22.7 Å². The molecule has 0 saturated heterocycles. The lowest BCUT2D eigenvalue weighted by Crippen LogP contribution is -2.20. The second-order valence-corrected chi connectivity index (χ2v) is 5.55. The topological polar surface area (TPSA) is 12.0 Å². The maximum atomic E-state index is 13.9. The lowest BCUT2D eigenvalue weighted by atomic mass is 9.96. The predicted molar refractivity (Wildman–Crippen MR) is 80.8 cm³/mol. The van der Waals surface area contributed by atoms with Crippen LogP contribution in [0.3, 0.4) is 0 Å². The van der Waals surface area contributed by atoms with Gasteiger partial charge in [0.25, 0.3) is 0 Å². The van der Waals surface area contributed by atoms with Crippen LogP contribution in [0.25, 0.3) is 0 Å². The molecule has 19 heavy (non-hydrogen) atoms. The molecule has 1 nitrogen and oxygen atoms in total. The molecule has 0 aliphatic rings. The number of likely N-dealkylation sites (N-methyl/N-ethyl adjacent to an activating group) is 1. The fourth-order valence-electron chi connectivity index (χ4n) is 2.21. The normalized spacial score (nSPS) is 12.4. The highest BCUT2D eigenvalue weighted by molar-refractivity contribution is 9.10. The van der Waals surface area contributed by atoms with E-state index in [0.717, 1.165) is 10.9 Å². The molecule has 0 spiro atoms. The molecular formula is C16H17BrFN. The van der Waals surface area contributed by atoms with E-state index in [2.05, 4.69) is 40.3 Å². The SMILES string of the molecule is CNC(Cc1ccccc1C)c1cc(Br)ccc1F. The van der Waals surface area contributed by atoms with Gasteiger partial charge in [0.1, 0.15) is 5.82 Å². The highest BCUT2D eigenvalue weighted by atomic mass is 79.9. The van der Waals surface area contributed by atoms with Crippen LogP contribution in [0.15, 0.2) is 46.9 Å². The van der Waals surface area contributed by atoms with Crippen molar-refractivity contribution in [3.8, 4) is 0 Å². The zero-order valence-electron chi connectivity index (χ0n) is 11.1. The molecule has 2 aromatic carbocycles. The molecular weight excluding hydrogens is 305 g/mol. The van der Waals surface area contributed by atoms with Gasteiger partial charge in [-0.05, 0) is 49.7 Å². The van der Waals surface area contributed by atoms with Crippen molar-refractivity contribution < 1.29 is 4.39 Å². The van der Waals surface area contributed by atoms with Gasteiger partial charge in [0.05, 0.1) is 0 Å². The van der Waals surface area contributed by atoms with Crippen molar-refractivity contribution in [3.05, 3.63) is 69.4 Å². The molecule has 0 aliphatic heterocycles. The van der Waals surface area contributed by atoms with E-state index in [9.17, 15) is 4.39 Å². The van der Waals surface area contributed by atoms with E-state index in [1.165, 1.54) is 17.2 Å². The van der Waals surface area contributed by atoms with Gasteiger partial charge in [-0.25, -0.2) is 4.39 Å². The molecule has 0 amide bonds. The van der Waals surface area contributed by atoms with Crippen LogP contribution in [-0.4, -0.2) is 7.05 Å². The van der Waals surface area contributed by atoms with Gasteiger partial charge in [-0.1, -0.05) is 40.2 Å². The van der Waals surface area contributed by atoms with E-state index in [1.54, 1.807) is 6.07 Å². The predicted octanol–water partition coefficient (Wildman–Crippen LogP) is 4.40. The van der Waals surface area contributed by atoms with Crippen molar-refractivity contribution in [3.63, 3.8) is 0 Å². The maximum absolute atomic E-state index is 13.9. The Hall–Kier alpha value is -1.19. The average molecular weight is 322 g/mol. The Morgan fingerprint density at radius 3 is 2.63 bits per heavy atom. The van der Waals surface area contributed by atoms with E-state index in [1.807, 2.05) is 25.2 Å². The number of hydrogen-bond donors (Lipinski definition) is 1. The zero-order valence-corrected chi connectivity index (χ0v) is 12.7. The molecule has 0 bridgehead atoms. The third kappa shape index (κ3) is 3.43. The standard InChI is InChI=1S/C16H17BrFN/c1-11-5-3-4-6-12(11)9-16(19-2)14-10-13(17)7-8-15(14)18/h3-8,10,16,19H,9H2,1-2H3.